The molecule has 0 saturated heterocycles. The monoisotopic (exact) mass is 350 g/mol. The number of nitrogens with one attached hydrogen (secondary N) is 1. The average molecular weight is 351 g/mol. The van der Waals surface area contributed by atoms with Crippen LogP contribution in [-0.2, 0) is 6.54 Å². The van der Waals surface area contributed by atoms with Crippen LogP contribution in [0.3, 0.4) is 0 Å². The third-order valence-corrected chi connectivity index (χ3v) is 3.71. The Morgan fingerprint density at radius 3 is 2.30 bits per heavy atom. The molecule has 0 aliphatic rings. The first-order valence-electron chi connectivity index (χ1n) is 6.84. The van der Waals surface area contributed by atoms with E-state index in [-0.39, 0.29) is 5.96 Å². The van der Waals surface area contributed by atoms with Crippen LogP contribution in [0.1, 0.15) is 5.56 Å². The Hall–Kier alpha value is -2.24. The van der Waals surface area contributed by atoms with Crippen LogP contribution in [0.5, 0.6) is 0 Å². The number of urea groups is 1. The standard InChI is InChI=1S/C16H16Cl2N4O/c1-20-16(23)21-15(19)22(10-11-6-3-2-4-7-11)14-12(17)8-5-9-13(14)18/h2-9H,10H2,1H3,(H3,19,20,21,23). The van der Waals surface area contributed by atoms with Crippen molar-refractivity contribution < 1.29 is 4.79 Å². The van der Waals surface area contributed by atoms with Crippen molar-refractivity contribution in [2.45, 2.75) is 6.54 Å². The average Bonchev–Trinajstić information content (AvgIpc) is 2.54. The smallest absolute Gasteiger partial charge is 0.343 e. The molecule has 120 valence electrons. The molecular weight excluding hydrogens is 335 g/mol. The molecule has 0 spiro atoms. The van der Waals surface area contributed by atoms with E-state index >= 15 is 0 Å². The summed E-state index contributed by atoms with van der Waals surface area (Å²) in [5, 5.41) is 3.24. The van der Waals surface area contributed by atoms with Gasteiger partial charge in [-0.15, -0.1) is 0 Å². The highest BCUT2D eigenvalue weighted by atomic mass is 35.5. The molecule has 0 unspecified atom stereocenters. The van der Waals surface area contributed by atoms with Crippen LogP contribution in [0, 0.1) is 0 Å². The second-order valence-electron chi connectivity index (χ2n) is 4.67. The topological polar surface area (TPSA) is 70.7 Å². The number of hydrogen-bond acceptors (Lipinski definition) is 1. The summed E-state index contributed by atoms with van der Waals surface area (Å²) >= 11 is 12.5. The Morgan fingerprint density at radius 1 is 1.13 bits per heavy atom. The van der Waals surface area contributed by atoms with E-state index in [1.807, 2.05) is 30.3 Å². The largest absolute Gasteiger partial charge is 0.369 e. The summed E-state index contributed by atoms with van der Waals surface area (Å²) in [6.45, 7) is 0.372. The van der Waals surface area contributed by atoms with Crippen molar-refractivity contribution in [1.82, 2.24) is 5.32 Å². The number of rotatable bonds is 3. The van der Waals surface area contributed by atoms with Crippen LogP contribution in [-0.4, -0.2) is 19.0 Å². The first-order valence-corrected chi connectivity index (χ1v) is 7.60. The molecule has 0 bridgehead atoms. The Morgan fingerprint density at radius 2 is 1.74 bits per heavy atom. The fourth-order valence-electron chi connectivity index (χ4n) is 2.01. The summed E-state index contributed by atoms with van der Waals surface area (Å²) in [7, 11) is 1.48. The molecule has 0 fully saturated rings. The van der Waals surface area contributed by atoms with E-state index in [0.717, 1.165) is 5.56 Å². The van der Waals surface area contributed by atoms with Crippen LogP contribution >= 0.6 is 23.2 Å². The maximum Gasteiger partial charge on any atom is 0.343 e. The molecule has 0 radical (unpaired) electrons. The van der Waals surface area contributed by atoms with Gasteiger partial charge in [0.05, 0.1) is 22.3 Å². The summed E-state index contributed by atoms with van der Waals surface area (Å²) < 4.78 is 0. The molecule has 0 aliphatic heterocycles. The third kappa shape index (κ3) is 4.37. The first kappa shape index (κ1) is 17.1. The van der Waals surface area contributed by atoms with Crippen LogP contribution in [0.2, 0.25) is 10.0 Å². The van der Waals surface area contributed by atoms with Gasteiger partial charge in [0.15, 0.2) is 0 Å². The zero-order chi connectivity index (χ0) is 16.8. The number of hydrogen-bond donors (Lipinski definition) is 2. The van der Waals surface area contributed by atoms with Gasteiger partial charge in [-0.2, -0.15) is 4.99 Å². The number of nitrogens with zero attached hydrogens (tertiary/aromatic N) is 2. The molecular formula is C16H16Cl2N4O. The summed E-state index contributed by atoms with van der Waals surface area (Å²) in [5.41, 5.74) is 7.49. The van der Waals surface area contributed by atoms with Crippen molar-refractivity contribution in [3.8, 4) is 0 Å². The van der Waals surface area contributed by atoms with Gasteiger partial charge >= 0.3 is 6.03 Å². The minimum Gasteiger partial charge on any atom is -0.369 e. The fraction of sp³-hybridized carbons (Fsp3) is 0.125. The number of para-hydroxylation sites is 1. The van der Waals surface area contributed by atoms with Gasteiger partial charge in [-0.25, -0.2) is 4.79 Å². The quantitative estimate of drug-likeness (QED) is 0.655. The Bertz CT molecular complexity index is 699. The second kappa shape index (κ2) is 7.85. The molecule has 2 rings (SSSR count). The zero-order valence-corrected chi connectivity index (χ0v) is 14.0. The van der Waals surface area contributed by atoms with Gasteiger partial charge in [0.2, 0.25) is 5.96 Å². The summed E-state index contributed by atoms with van der Waals surface area (Å²) in [6.07, 6.45) is 0. The van der Waals surface area contributed by atoms with E-state index in [4.69, 9.17) is 28.9 Å². The van der Waals surface area contributed by atoms with Gasteiger partial charge in [-0.1, -0.05) is 59.6 Å². The molecule has 2 aromatic carbocycles. The van der Waals surface area contributed by atoms with Crippen molar-refractivity contribution in [2.24, 2.45) is 10.7 Å². The molecule has 0 aliphatic carbocycles. The van der Waals surface area contributed by atoms with Crippen molar-refractivity contribution >= 4 is 40.9 Å². The minimum absolute atomic E-state index is 0.00297. The van der Waals surface area contributed by atoms with Crippen LogP contribution in [0.15, 0.2) is 53.5 Å². The van der Waals surface area contributed by atoms with E-state index in [0.29, 0.717) is 22.3 Å². The van der Waals surface area contributed by atoms with E-state index in [1.165, 1.54) is 7.05 Å². The number of anilines is 1. The maximum absolute atomic E-state index is 11.5. The fourth-order valence-corrected chi connectivity index (χ4v) is 2.61. The Kier molecular flexibility index (Phi) is 5.84. The van der Waals surface area contributed by atoms with Gasteiger partial charge in [0, 0.05) is 7.05 Å². The predicted molar refractivity (Wildman–Crippen MR) is 95.2 cm³/mol. The zero-order valence-electron chi connectivity index (χ0n) is 12.5. The maximum atomic E-state index is 11.5. The van der Waals surface area contributed by atoms with Gasteiger partial charge in [0.1, 0.15) is 0 Å². The lowest BCUT2D eigenvalue weighted by Crippen LogP contribution is -2.38. The molecule has 0 aromatic heterocycles. The van der Waals surface area contributed by atoms with E-state index in [9.17, 15) is 4.79 Å². The van der Waals surface area contributed by atoms with E-state index in [1.54, 1.807) is 23.1 Å². The molecule has 0 saturated carbocycles. The van der Waals surface area contributed by atoms with Crippen molar-refractivity contribution in [2.75, 3.05) is 11.9 Å². The van der Waals surface area contributed by atoms with Gasteiger partial charge < -0.3 is 16.0 Å². The molecule has 23 heavy (non-hydrogen) atoms. The van der Waals surface area contributed by atoms with Crippen molar-refractivity contribution in [3.05, 3.63) is 64.1 Å². The molecule has 3 N–H and O–H groups in total. The van der Waals surface area contributed by atoms with Crippen molar-refractivity contribution in [3.63, 3.8) is 0 Å². The number of benzene rings is 2. The molecule has 0 heterocycles. The molecule has 2 amide bonds. The molecule has 7 heteroatoms. The number of halogens is 2. The number of amides is 2. The minimum atomic E-state index is -0.552. The molecule has 0 atom stereocenters. The highest BCUT2D eigenvalue weighted by Crippen LogP contribution is 2.34. The normalized spacial score (nSPS) is 11.2. The summed E-state index contributed by atoms with van der Waals surface area (Å²) in [6, 6.07) is 14.2. The van der Waals surface area contributed by atoms with E-state index < -0.39 is 6.03 Å². The van der Waals surface area contributed by atoms with E-state index in [2.05, 4.69) is 10.3 Å². The number of aliphatic imine (C=N–C) groups is 1. The van der Waals surface area contributed by atoms with Gasteiger partial charge in [0.25, 0.3) is 0 Å². The highest BCUT2D eigenvalue weighted by Gasteiger charge is 2.19. The lowest BCUT2D eigenvalue weighted by atomic mass is 10.2. The Balaban J connectivity index is 2.47. The highest BCUT2D eigenvalue weighted by molar-refractivity contribution is 6.40. The van der Waals surface area contributed by atoms with Crippen LogP contribution in [0.25, 0.3) is 0 Å². The Labute approximate surface area is 144 Å². The first-order chi connectivity index (χ1) is 11.0. The van der Waals surface area contributed by atoms with Gasteiger partial charge in [-0.3, -0.25) is 0 Å². The predicted octanol–water partition coefficient (Wildman–Crippen LogP) is 3.65. The van der Waals surface area contributed by atoms with Crippen molar-refractivity contribution in [1.29, 1.82) is 0 Å². The summed E-state index contributed by atoms with van der Waals surface area (Å²) in [5.74, 6) is 0.00297. The molecule has 5 nitrogen and oxygen atoms in total. The number of carbonyl (C=O) groups is 1. The van der Waals surface area contributed by atoms with Crippen LogP contribution in [0.4, 0.5) is 10.5 Å². The molecule has 2 aromatic rings. The SMILES string of the molecule is CNC(=O)N=C(N)N(Cc1ccccc1)c1c(Cl)cccc1Cl. The summed E-state index contributed by atoms with van der Waals surface area (Å²) in [4.78, 5) is 16.9. The second-order valence-corrected chi connectivity index (χ2v) is 5.48. The number of nitrogens with two attached hydrogens (primary N) is 1. The number of carbonyl (C=O) groups excluding carboxylic acids is 1. The lowest BCUT2D eigenvalue weighted by molar-refractivity contribution is 0.251. The van der Waals surface area contributed by atoms with Crippen LogP contribution < -0.4 is 16.0 Å². The number of guanidine groups is 1. The third-order valence-electron chi connectivity index (χ3n) is 3.10. The lowest BCUT2D eigenvalue weighted by Gasteiger charge is -2.25. The van der Waals surface area contributed by atoms with Gasteiger partial charge in [-0.05, 0) is 17.7 Å².